The number of carbonyl (C=O) groups excluding carboxylic acids is 1. The topological polar surface area (TPSA) is 64.1 Å². The van der Waals surface area contributed by atoms with Gasteiger partial charge >= 0.3 is 5.51 Å². The van der Waals surface area contributed by atoms with Gasteiger partial charge in [0.2, 0.25) is 0 Å². The lowest BCUT2D eigenvalue weighted by Crippen LogP contribution is -2.15. The quantitative estimate of drug-likeness (QED) is 0.573. The van der Waals surface area contributed by atoms with Gasteiger partial charge in [0.1, 0.15) is 16.5 Å². The molecule has 0 saturated carbocycles. The Hall–Kier alpha value is -3.07. The summed E-state index contributed by atoms with van der Waals surface area (Å²) in [7, 11) is 0. The van der Waals surface area contributed by atoms with Gasteiger partial charge in [-0.25, -0.2) is 4.98 Å². The molecular formula is C19H14F3N3O2S. The number of nitrogens with zero attached hydrogens (tertiary/aromatic N) is 2. The van der Waals surface area contributed by atoms with Crippen LogP contribution in [-0.4, -0.2) is 21.4 Å². The lowest BCUT2D eigenvalue weighted by Gasteiger charge is -2.12. The van der Waals surface area contributed by atoms with Crippen LogP contribution in [0.2, 0.25) is 0 Å². The van der Waals surface area contributed by atoms with E-state index in [0.717, 1.165) is 5.56 Å². The van der Waals surface area contributed by atoms with Crippen LogP contribution < -0.4 is 10.1 Å². The van der Waals surface area contributed by atoms with Gasteiger partial charge in [-0.15, -0.1) is 0 Å². The highest BCUT2D eigenvalue weighted by Gasteiger charge is 2.32. The van der Waals surface area contributed by atoms with Gasteiger partial charge in [0.05, 0.1) is 11.8 Å². The minimum Gasteiger partial charge on any atom is -0.455 e. The van der Waals surface area contributed by atoms with Crippen LogP contribution in [0.5, 0.6) is 11.5 Å². The maximum Gasteiger partial charge on any atom is 0.447 e. The van der Waals surface area contributed by atoms with Crippen molar-refractivity contribution in [2.24, 2.45) is 0 Å². The van der Waals surface area contributed by atoms with Gasteiger partial charge in [-0.05, 0) is 55.0 Å². The molecule has 0 spiro atoms. The van der Waals surface area contributed by atoms with Crippen LogP contribution in [0.3, 0.4) is 0 Å². The van der Waals surface area contributed by atoms with Gasteiger partial charge in [-0.2, -0.15) is 13.2 Å². The third kappa shape index (κ3) is 5.23. The van der Waals surface area contributed by atoms with E-state index >= 15 is 0 Å². The lowest BCUT2D eigenvalue weighted by molar-refractivity contribution is -0.0329. The number of ether oxygens (including phenoxy) is 1. The first-order valence-electron chi connectivity index (χ1n) is 8.02. The number of amides is 1. The van der Waals surface area contributed by atoms with Crippen LogP contribution in [0.15, 0.2) is 66.1 Å². The highest BCUT2D eigenvalue weighted by atomic mass is 32.2. The molecular weight excluding hydrogens is 391 g/mol. The Bertz CT molecular complexity index is 982. The number of pyridine rings is 2. The molecule has 1 aromatic carbocycles. The van der Waals surface area contributed by atoms with E-state index in [2.05, 4.69) is 15.3 Å². The molecule has 9 heteroatoms. The number of hydrogen-bond donors (Lipinski definition) is 1. The Labute approximate surface area is 163 Å². The SMILES string of the molecule is Cc1cc(NC(=O)c2cccnc2SC(F)(F)F)ccc1Oc1cccnc1. The predicted octanol–water partition coefficient (Wildman–Crippen LogP) is 5.44. The number of thioether (sulfide) groups is 1. The molecule has 3 aromatic rings. The van der Waals surface area contributed by atoms with E-state index < -0.39 is 28.2 Å². The van der Waals surface area contributed by atoms with Crippen molar-refractivity contribution in [2.45, 2.75) is 17.5 Å². The van der Waals surface area contributed by atoms with Crippen LogP contribution in [-0.2, 0) is 0 Å². The molecule has 3 rings (SSSR count). The maximum absolute atomic E-state index is 12.7. The van der Waals surface area contributed by atoms with Crippen molar-refractivity contribution in [3.8, 4) is 11.5 Å². The number of nitrogens with one attached hydrogen (secondary N) is 1. The fourth-order valence-corrected chi connectivity index (χ4v) is 2.93. The highest BCUT2D eigenvalue weighted by Crippen LogP contribution is 2.37. The fraction of sp³-hybridized carbons (Fsp3) is 0.105. The van der Waals surface area contributed by atoms with E-state index in [1.807, 2.05) is 0 Å². The monoisotopic (exact) mass is 405 g/mol. The molecule has 0 saturated heterocycles. The first-order valence-corrected chi connectivity index (χ1v) is 8.84. The number of halogens is 3. The van der Waals surface area contributed by atoms with E-state index in [1.165, 1.54) is 18.3 Å². The summed E-state index contributed by atoms with van der Waals surface area (Å²) in [4.78, 5) is 20.1. The van der Waals surface area contributed by atoms with Gasteiger partial charge in [0.15, 0.2) is 0 Å². The summed E-state index contributed by atoms with van der Waals surface area (Å²) in [5, 5.41) is 2.19. The van der Waals surface area contributed by atoms with Gasteiger partial charge in [0.25, 0.3) is 5.91 Å². The number of rotatable bonds is 5. The molecule has 0 fully saturated rings. The third-order valence-electron chi connectivity index (χ3n) is 3.52. The molecule has 5 nitrogen and oxygen atoms in total. The zero-order valence-electron chi connectivity index (χ0n) is 14.5. The largest absolute Gasteiger partial charge is 0.455 e. The van der Waals surface area contributed by atoms with Crippen molar-refractivity contribution >= 4 is 23.4 Å². The molecule has 1 N–H and O–H groups in total. The second kappa shape index (κ2) is 8.30. The Kier molecular flexibility index (Phi) is 5.84. The van der Waals surface area contributed by atoms with Gasteiger partial charge in [-0.1, -0.05) is 0 Å². The highest BCUT2D eigenvalue weighted by molar-refractivity contribution is 8.00. The Balaban J connectivity index is 1.76. The minimum absolute atomic E-state index is 0.154. The van der Waals surface area contributed by atoms with Crippen molar-refractivity contribution < 1.29 is 22.7 Å². The van der Waals surface area contributed by atoms with Crippen LogP contribution in [0.1, 0.15) is 15.9 Å². The normalized spacial score (nSPS) is 11.1. The number of alkyl halides is 3. The molecule has 28 heavy (non-hydrogen) atoms. The van der Waals surface area contributed by atoms with Gasteiger partial charge in [-0.3, -0.25) is 9.78 Å². The smallest absolute Gasteiger partial charge is 0.447 e. The Morgan fingerprint density at radius 2 is 1.93 bits per heavy atom. The van der Waals surface area contributed by atoms with E-state index in [-0.39, 0.29) is 5.56 Å². The summed E-state index contributed by atoms with van der Waals surface area (Å²) >= 11 is -0.425. The molecule has 0 radical (unpaired) electrons. The average molecular weight is 405 g/mol. The van der Waals surface area contributed by atoms with Crippen molar-refractivity contribution in [1.82, 2.24) is 9.97 Å². The van der Waals surface area contributed by atoms with E-state index in [4.69, 9.17) is 4.74 Å². The standard InChI is InChI=1S/C19H14F3N3O2S/c1-12-10-13(6-7-16(12)27-14-4-2-8-23-11-14)25-17(26)15-5-3-9-24-18(15)28-19(20,21)22/h2-11H,1H3,(H,25,26). The number of hydrogen-bond acceptors (Lipinski definition) is 5. The van der Waals surface area contributed by atoms with Crippen LogP contribution >= 0.6 is 11.8 Å². The average Bonchev–Trinajstić information content (AvgIpc) is 2.64. The lowest BCUT2D eigenvalue weighted by atomic mass is 10.2. The fourth-order valence-electron chi connectivity index (χ4n) is 2.33. The zero-order chi connectivity index (χ0) is 20.1. The van der Waals surface area contributed by atoms with E-state index in [9.17, 15) is 18.0 Å². The number of carbonyl (C=O) groups is 1. The molecule has 0 aliphatic rings. The van der Waals surface area contributed by atoms with Crippen LogP contribution in [0.4, 0.5) is 18.9 Å². The van der Waals surface area contributed by atoms with Crippen LogP contribution in [0, 0.1) is 6.92 Å². The molecule has 1 amide bonds. The summed E-state index contributed by atoms with van der Waals surface area (Å²) in [6, 6.07) is 11.1. The summed E-state index contributed by atoms with van der Waals surface area (Å²) in [5.74, 6) is 0.451. The summed E-state index contributed by atoms with van der Waals surface area (Å²) in [5.41, 5.74) is -3.53. The number of aryl methyl sites for hydroxylation is 1. The van der Waals surface area contributed by atoms with Crippen LogP contribution in [0.25, 0.3) is 0 Å². The Morgan fingerprint density at radius 1 is 1.14 bits per heavy atom. The zero-order valence-corrected chi connectivity index (χ0v) is 15.3. The van der Waals surface area contributed by atoms with Gasteiger partial charge in [0, 0.05) is 29.8 Å². The summed E-state index contributed by atoms with van der Waals surface area (Å²) in [6.45, 7) is 1.79. The predicted molar refractivity (Wildman–Crippen MR) is 99.6 cm³/mol. The van der Waals surface area contributed by atoms with Crippen molar-refractivity contribution in [1.29, 1.82) is 0 Å². The molecule has 0 atom stereocenters. The molecule has 0 aliphatic carbocycles. The Morgan fingerprint density at radius 3 is 2.61 bits per heavy atom. The second-order valence-corrected chi connectivity index (χ2v) is 6.68. The summed E-state index contributed by atoms with van der Waals surface area (Å²) in [6.07, 6.45) is 4.40. The van der Waals surface area contributed by atoms with Crippen molar-refractivity contribution in [3.05, 3.63) is 72.2 Å². The van der Waals surface area contributed by atoms with E-state index in [1.54, 1.807) is 49.6 Å². The van der Waals surface area contributed by atoms with E-state index in [0.29, 0.717) is 17.2 Å². The summed E-state index contributed by atoms with van der Waals surface area (Å²) < 4.78 is 43.7. The first kappa shape index (κ1) is 19.7. The second-order valence-electron chi connectivity index (χ2n) is 5.63. The molecule has 2 aromatic heterocycles. The maximum atomic E-state index is 12.7. The first-order chi connectivity index (χ1) is 13.3. The molecule has 0 aliphatic heterocycles. The molecule has 144 valence electrons. The third-order valence-corrected chi connectivity index (χ3v) is 4.27. The minimum atomic E-state index is -4.54. The van der Waals surface area contributed by atoms with Crippen molar-refractivity contribution in [2.75, 3.05) is 5.32 Å². The number of benzene rings is 1. The molecule has 0 unspecified atom stereocenters. The number of aromatic nitrogens is 2. The molecule has 2 heterocycles. The number of anilines is 1. The van der Waals surface area contributed by atoms with Gasteiger partial charge < -0.3 is 10.1 Å². The van der Waals surface area contributed by atoms with Crippen molar-refractivity contribution in [3.63, 3.8) is 0 Å². The molecule has 0 bridgehead atoms.